The number of carbonyl (C=O) groups is 1. The van der Waals surface area contributed by atoms with Gasteiger partial charge in [0.05, 0.1) is 6.04 Å². The van der Waals surface area contributed by atoms with Gasteiger partial charge in [0.25, 0.3) is 0 Å². The van der Waals surface area contributed by atoms with Gasteiger partial charge in [-0.3, -0.25) is 10.0 Å². The topological polar surface area (TPSA) is 65.0 Å². The summed E-state index contributed by atoms with van der Waals surface area (Å²) in [5.74, 6) is -1.03. The highest BCUT2D eigenvalue weighted by Gasteiger charge is 2.34. The molecule has 16 heavy (non-hydrogen) atoms. The SMILES string of the molecule is CN1NN(C2CCOCC2)C(Cl)=C1C(=O)O. The van der Waals surface area contributed by atoms with Gasteiger partial charge in [-0.05, 0) is 12.8 Å². The predicted molar refractivity (Wildman–Crippen MR) is 57.1 cm³/mol. The number of nitrogens with zero attached hydrogens (tertiary/aromatic N) is 2. The molecule has 2 aliphatic heterocycles. The van der Waals surface area contributed by atoms with Gasteiger partial charge in [0.15, 0.2) is 10.9 Å². The number of carboxylic acids is 1. The van der Waals surface area contributed by atoms with Crippen LogP contribution in [-0.4, -0.2) is 47.4 Å². The van der Waals surface area contributed by atoms with Crippen molar-refractivity contribution in [2.75, 3.05) is 20.3 Å². The Balaban J connectivity index is 2.15. The average Bonchev–Trinajstić information content (AvgIpc) is 2.55. The first-order valence-electron chi connectivity index (χ1n) is 5.11. The van der Waals surface area contributed by atoms with E-state index >= 15 is 0 Å². The van der Waals surface area contributed by atoms with E-state index in [1.54, 1.807) is 12.1 Å². The molecule has 0 aromatic carbocycles. The first-order valence-corrected chi connectivity index (χ1v) is 5.49. The van der Waals surface area contributed by atoms with E-state index in [0.29, 0.717) is 13.2 Å². The second-order valence-electron chi connectivity index (χ2n) is 3.82. The number of nitrogens with one attached hydrogen (secondary N) is 1. The molecule has 90 valence electrons. The zero-order chi connectivity index (χ0) is 11.7. The molecule has 0 radical (unpaired) electrons. The summed E-state index contributed by atoms with van der Waals surface area (Å²) in [4.78, 5) is 11.0. The number of aliphatic carboxylic acids is 1. The fourth-order valence-corrected chi connectivity index (χ4v) is 2.31. The monoisotopic (exact) mass is 247 g/mol. The molecule has 0 bridgehead atoms. The molecule has 2 heterocycles. The van der Waals surface area contributed by atoms with E-state index in [0.717, 1.165) is 12.8 Å². The van der Waals surface area contributed by atoms with Crippen molar-refractivity contribution in [3.8, 4) is 0 Å². The van der Waals surface area contributed by atoms with Crippen LogP contribution in [0.5, 0.6) is 0 Å². The molecule has 1 fully saturated rings. The third kappa shape index (κ3) is 1.95. The summed E-state index contributed by atoms with van der Waals surface area (Å²) in [7, 11) is 1.63. The van der Waals surface area contributed by atoms with Crippen LogP contribution in [0.25, 0.3) is 0 Å². The van der Waals surface area contributed by atoms with Gasteiger partial charge in [-0.1, -0.05) is 11.6 Å². The van der Waals surface area contributed by atoms with E-state index in [2.05, 4.69) is 5.53 Å². The largest absolute Gasteiger partial charge is 0.476 e. The average molecular weight is 248 g/mol. The number of halogens is 1. The van der Waals surface area contributed by atoms with Crippen molar-refractivity contribution in [1.82, 2.24) is 15.6 Å². The lowest BCUT2D eigenvalue weighted by Crippen LogP contribution is -2.47. The Kier molecular flexibility index (Phi) is 3.22. The maximum Gasteiger partial charge on any atom is 0.356 e. The Labute approximate surface area is 98.3 Å². The minimum Gasteiger partial charge on any atom is -0.476 e. The van der Waals surface area contributed by atoms with E-state index in [-0.39, 0.29) is 16.9 Å². The van der Waals surface area contributed by atoms with Crippen molar-refractivity contribution in [2.45, 2.75) is 18.9 Å². The number of carboxylic acid groups (broad SMARTS) is 1. The van der Waals surface area contributed by atoms with Crippen LogP contribution < -0.4 is 5.53 Å². The van der Waals surface area contributed by atoms with Gasteiger partial charge in [0.1, 0.15) is 0 Å². The van der Waals surface area contributed by atoms with Gasteiger partial charge in [-0.15, -0.1) is 5.53 Å². The molecule has 0 aliphatic carbocycles. The lowest BCUT2D eigenvalue weighted by molar-refractivity contribution is -0.134. The van der Waals surface area contributed by atoms with Gasteiger partial charge in [-0.2, -0.15) is 0 Å². The third-order valence-corrected chi connectivity index (χ3v) is 3.12. The molecule has 7 heteroatoms. The highest BCUT2D eigenvalue weighted by atomic mass is 35.5. The van der Waals surface area contributed by atoms with Crippen LogP contribution >= 0.6 is 11.6 Å². The molecule has 0 unspecified atom stereocenters. The molecule has 0 atom stereocenters. The van der Waals surface area contributed by atoms with Crippen LogP contribution in [-0.2, 0) is 9.53 Å². The molecule has 2 rings (SSSR count). The zero-order valence-corrected chi connectivity index (χ0v) is 9.70. The van der Waals surface area contributed by atoms with Crippen LogP contribution in [0, 0.1) is 0 Å². The molecular formula is C9H14ClN3O3. The van der Waals surface area contributed by atoms with Crippen LogP contribution in [0.3, 0.4) is 0 Å². The normalized spacial score (nSPS) is 23.1. The molecule has 1 saturated heterocycles. The number of rotatable bonds is 2. The Morgan fingerprint density at radius 1 is 1.56 bits per heavy atom. The first kappa shape index (κ1) is 11.5. The molecule has 6 nitrogen and oxygen atoms in total. The first-order chi connectivity index (χ1) is 7.61. The van der Waals surface area contributed by atoms with Crippen LogP contribution in [0.15, 0.2) is 10.9 Å². The Morgan fingerprint density at radius 3 is 2.69 bits per heavy atom. The maximum atomic E-state index is 11.0. The van der Waals surface area contributed by atoms with Gasteiger partial charge >= 0.3 is 5.97 Å². The zero-order valence-electron chi connectivity index (χ0n) is 8.94. The summed E-state index contributed by atoms with van der Waals surface area (Å²) >= 11 is 6.05. The molecule has 0 amide bonds. The second kappa shape index (κ2) is 4.48. The van der Waals surface area contributed by atoms with Crippen molar-refractivity contribution in [1.29, 1.82) is 0 Å². The third-order valence-electron chi connectivity index (χ3n) is 2.76. The second-order valence-corrected chi connectivity index (χ2v) is 4.18. The smallest absolute Gasteiger partial charge is 0.356 e. The fraction of sp³-hybridized carbons (Fsp3) is 0.667. The molecule has 0 aromatic rings. The minimum absolute atomic E-state index is 0.0770. The quantitative estimate of drug-likeness (QED) is 0.686. The van der Waals surface area contributed by atoms with E-state index in [1.807, 2.05) is 0 Å². The molecule has 0 aromatic heterocycles. The molecular weight excluding hydrogens is 234 g/mol. The highest BCUT2D eigenvalue weighted by Crippen LogP contribution is 2.27. The molecule has 0 spiro atoms. The van der Waals surface area contributed by atoms with Gasteiger partial charge in [0.2, 0.25) is 0 Å². The lowest BCUT2D eigenvalue weighted by Gasteiger charge is -2.32. The van der Waals surface area contributed by atoms with Crippen molar-refractivity contribution >= 4 is 17.6 Å². The van der Waals surface area contributed by atoms with Crippen molar-refractivity contribution in [3.05, 3.63) is 10.9 Å². The number of hydrogen-bond acceptors (Lipinski definition) is 5. The molecule has 0 saturated carbocycles. The standard InChI is InChI=1S/C9H14ClN3O3/c1-12-7(9(14)15)8(10)13(11-12)6-2-4-16-5-3-6/h6,11H,2-5H2,1H3,(H,14,15). The van der Waals surface area contributed by atoms with Gasteiger partial charge in [0, 0.05) is 20.3 Å². The number of hydrogen-bond donors (Lipinski definition) is 2. The van der Waals surface area contributed by atoms with E-state index < -0.39 is 5.97 Å². The summed E-state index contributed by atoms with van der Waals surface area (Å²) in [6.07, 6.45) is 1.67. The van der Waals surface area contributed by atoms with Gasteiger partial charge < -0.3 is 9.84 Å². The summed E-state index contributed by atoms with van der Waals surface area (Å²) < 4.78 is 5.25. The highest BCUT2D eigenvalue weighted by molar-refractivity contribution is 6.31. The number of likely N-dealkylation sites (N-methyl/N-ethyl adjacent to an activating group) is 1. The number of hydrazine groups is 2. The summed E-state index contributed by atoms with van der Waals surface area (Å²) in [6, 6.07) is 0.181. The van der Waals surface area contributed by atoms with Crippen LogP contribution in [0.2, 0.25) is 0 Å². The fourth-order valence-electron chi connectivity index (χ4n) is 1.92. The van der Waals surface area contributed by atoms with Crippen molar-refractivity contribution in [3.63, 3.8) is 0 Å². The van der Waals surface area contributed by atoms with Crippen molar-refractivity contribution < 1.29 is 14.6 Å². The van der Waals surface area contributed by atoms with Crippen LogP contribution in [0.4, 0.5) is 0 Å². The van der Waals surface area contributed by atoms with Crippen LogP contribution in [0.1, 0.15) is 12.8 Å². The Hall–Kier alpha value is -0.980. The van der Waals surface area contributed by atoms with E-state index in [4.69, 9.17) is 21.4 Å². The summed E-state index contributed by atoms with van der Waals surface area (Å²) in [5.41, 5.74) is 3.01. The maximum absolute atomic E-state index is 11.0. The summed E-state index contributed by atoms with van der Waals surface area (Å²) in [6.45, 7) is 1.36. The van der Waals surface area contributed by atoms with E-state index in [1.165, 1.54) is 5.01 Å². The van der Waals surface area contributed by atoms with Crippen molar-refractivity contribution in [2.24, 2.45) is 0 Å². The summed E-state index contributed by atoms with van der Waals surface area (Å²) in [5, 5.41) is 12.4. The van der Waals surface area contributed by atoms with E-state index in [9.17, 15) is 4.79 Å². The molecule has 2 aliphatic rings. The lowest BCUT2D eigenvalue weighted by atomic mass is 10.1. The van der Waals surface area contributed by atoms with Gasteiger partial charge in [-0.25, -0.2) is 4.79 Å². The predicted octanol–water partition coefficient (Wildman–Crippen LogP) is 0.325. The Morgan fingerprint density at radius 2 is 2.19 bits per heavy atom. The minimum atomic E-state index is -1.03. The Bertz CT molecular complexity index is 328. The number of ether oxygens (including phenoxy) is 1. The molecule has 2 N–H and O–H groups in total.